The van der Waals surface area contributed by atoms with Crippen molar-refractivity contribution in [2.45, 2.75) is 0 Å². The number of fused-ring (bicyclic) bond motifs is 1. The Kier molecular flexibility index (Phi) is 4.37. The van der Waals surface area contributed by atoms with Crippen molar-refractivity contribution in [3.63, 3.8) is 0 Å². The van der Waals surface area contributed by atoms with Gasteiger partial charge in [-0.05, 0) is 22.9 Å². The molecule has 144 valence electrons. The number of nitrogens with zero attached hydrogens (tertiary/aromatic N) is 2. The summed E-state index contributed by atoms with van der Waals surface area (Å²) in [5.41, 5.74) is 3.45. The predicted molar refractivity (Wildman–Crippen MR) is 118 cm³/mol. The van der Waals surface area contributed by atoms with Gasteiger partial charge in [-0.15, -0.1) is 0 Å². The summed E-state index contributed by atoms with van der Waals surface area (Å²) in [6.07, 6.45) is 1.53. The maximum Gasteiger partial charge on any atom is 0.267 e. The molecule has 0 atom stereocenters. The first kappa shape index (κ1) is 17.9. The molecule has 1 N–H and O–H groups in total. The summed E-state index contributed by atoms with van der Waals surface area (Å²) < 4.78 is 1.52. The summed E-state index contributed by atoms with van der Waals surface area (Å²) in [6.45, 7) is 0. The highest BCUT2D eigenvalue weighted by Crippen LogP contribution is 2.33. The highest BCUT2D eigenvalue weighted by atomic mass is 16.3. The molecule has 0 saturated carbocycles. The molecule has 0 bridgehead atoms. The maximum atomic E-state index is 13.5. The fraction of sp³-hybridized carbons (Fsp3) is 0. The summed E-state index contributed by atoms with van der Waals surface area (Å²) in [4.78, 5) is 18.1. The predicted octanol–water partition coefficient (Wildman–Crippen LogP) is 5.76. The molecule has 4 heteroatoms. The Bertz CT molecular complexity index is 1360. The number of phenols is 1. The van der Waals surface area contributed by atoms with E-state index in [4.69, 9.17) is 0 Å². The normalized spacial score (nSPS) is 10.9. The number of rotatable bonds is 3. The van der Waals surface area contributed by atoms with Crippen LogP contribution in [0.1, 0.15) is 10.4 Å². The third kappa shape index (κ3) is 3.05. The summed E-state index contributed by atoms with van der Waals surface area (Å²) in [6, 6.07) is 30.5. The van der Waals surface area contributed by atoms with Crippen LogP contribution < -0.4 is 0 Å². The van der Waals surface area contributed by atoms with E-state index in [1.807, 2.05) is 84.9 Å². The Morgan fingerprint density at radius 3 is 1.97 bits per heavy atom. The molecule has 5 aromatic rings. The van der Waals surface area contributed by atoms with Gasteiger partial charge in [0.25, 0.3) is 5.91 Å². The van der Waals surface area contributed by atoms with Crippen LogP contribution in [0.4, 0.5) is 0 Å². The zero-order valence-electron chi connectivity index (χ0n) is 16.1. The standard InChI is InChI=1S/C26H18N2O2/c29-23-16-21-14-8-7-13-20(21)15-22(23)26(30)28-17-27-24(18-9-3-1-4-10-18)25(28)19-11-5-2-6-12-19/h1-17,29H. The highest BCUT2D eigenvalue weighted by molar-refractivity contribution is 6.05. The number of hydrogen-bond donors (Lipinski definition) is 1. The second kappa shape index (κ2) is 7.33. The van der Waals surface area contributed by atoms with E-state index in [0.29, 0.717) is 5.69 Å². The van der Waals surface area contributed by atoms with Crippen molar-refractivity contribution in [2.75, 3.05) is 0 Å². The SMILES string of the molecule is O=C(c1cc2ccccc2cc1O)n1cnc(-c2ccccc2)c1-c1ccccc1. The number of hydrogen-bond acceptors (Lipinski definition) is 3. The van der Waals surface area contributed by atoms with E-state index in [-0.39, 0.29) is 17.2 Å². The fourth-order valence-corrected chi connectivity index (χ4v) is 3.71. The van der Waals surface area contributed by atoms with Gasteiger partial charge in [-0.25, -0.2) is 4.98 Å². The van der Waals surface area contributed by atoms with Crippen LogP contribution in [-0.2, 0) is 0 Å². The molecule has 1 aromatic heterocycles. The molecular weight excluding hydrogens is 372 g/mol. The molecule has 0 aliphatic carbocycles. The van der Waals surface area contributed by atoms with E-state index in [2.05, 4.69) is 4.98 Å². The van der Waals surface area contributed by atoms with Gasteiger partial charge >= 0.3 is 0 Å². The third-order valence-corrected chi connectivity index (χ3v) is 5.18. The van der Waals surface area contributed by atoms with Gasteiger partial charge < -0.3 is 5.11 Å². The van der Waals surface area contributed by atoms with E-state index in [9.17, 15) is 9.90 Å². The first-order chi connectivity index (χ1) is 14.7. The van der Waals surface area contributed by atoms with Crippen molar-refractivity contribution >= 4 is 16.7 Å². The second-order valence-electron chi connectivity index (χ2n) is 7.07. The third-order valence-electron chi connectivity index (χ3n) is 5.18. The van der Waals surface area contributed by atoms with Crippen LogP contribution in [0.15, 0.2) is 103 Å². The first-order valence-electron chi connectivity index (χ1n) is 9.67. The molecule has 4 aromatic carbocycles. The lowest BCUT2D eigenvalue weighted by Gasteiger charge is -2.11. The molecule has 0 radical (unpaired) electrons. The number of imidazole rings is 1. The van der Waals surface area contributed by atoms with Crippen molar-refractivity contribution in [3.05, 3.63) is 109 Å². The van der Waals surface area contributed by atoms with Gasteiger partial charge in [0, 0.05) is 11.1 Å². The smallest absolute Gasteiger partial charge is 0.267 e. The average Bonchev–Trinajstić information content (AvgIpc) is 3.24. The molecular formula is C26H18N2O2. The molecule has 30 heavy (non-hydrogen) atoms. The number of aromatic hydroxyl groups is 1. The lowest BCUT2D eigenvalue weighted by atomic mass is 10.0. The van der Waals surface area contributed by atoms with E-state index < -0.39 is 0 Å². The molecule has 1 heterocycles. The van der Waals surface area contributed by atoms with Gasteiger partial charge in [-0.2, -0.15) is 0 Å². The van der Waals surface area contributed by atoms with Crippen LogP contribution in [0.25, 0.3) is 33.3 Å². The largest absolute Gasteiger partial charge is 0.507 e. The second-order valence-corrected chi connectivity index (χ2v) is 7.07. The van der Waals surface area contributed by atoms with Crippen LogP contribution >= 0.6 is 0 Å². The van der Waals surface area contributed by atoms with Crippen molar-refractivity contribution in [3.8, 4) is 28.3 Å². The van der Waals surface area contributed by atoms with Crippen LogP contribution in [0.3, 0.4) is 0 Å². The topological polar surface area (TPSA) is 55.1 Å². The fourth-order valence-electron chi connectivity index (χ4n) is 3.71. The molecule has 0 fully saturated rings. The van der Waals surface area contributed by atoms with E-state index >= 15 is 0 Å². The molecule has 0 amide bonds. The maximum absolute atomic E-state index is 13.5. The minimum absolute atomic E-state index is 0.0485. The molecule has 0 aliphatic heterocycles. The summed E-state index contributed by atoms with van der Waals surface area (Å²) in [5.74, 6) is -0.375. The van der Waals surface area contributed by atoms with Crippen LogP contribution in [0, 0.1) is 0 Å². The van der Waals surface area contributed by atoms with Gasteiger partial charge in [0.1, 0.15) is 12.1 Å². The van der Waals surface area contributed by atoms with Gasteiger partial charge in [-0.1, -0.05) is 84.9 Å². The van der Waals surface area contributed by atoms with Crippen LogP contribution in [-0.4, -0.2) is 20.6 Å². The number of phenolic OH excluding ortho intramolecular Hbond substituents is 1. The minimum Gasteiger partial charge on any atom is -0.507 e. The molecule has 0 aliphatic rings. The summed E-state index contributed by atoms with van der Waals surface area (Å²) >= 11 is 0. The van der Waals surface area contributed by atoms with Gasteiger partial charge in [-0.3, -0.25) is 9.36 Å². The van der Waals surface area contributed by atoms with Crippen molar-refractivity contribution < 1.29 is 9.90 Å². The van der Waals surface area contributed by atoms with Crippen molar-refractivity contribution in [1.82, 2.24) is 9.55 Å². The van der Waals surface area contributed by atoms with Gasteiger partial charge in [0.05, 0.1) is 17.0 Å². The first-order valence-corrected chi connectivity index (χ1v) is 9.67. The Labute approximate surface area is 173 Å². The molecule has 5 rings (SSSR count). The highest BCUT2D eigenvalue weighted by Gasteiger charge is 2.22. The lowest BCUT2D eigenvalue weighted by Crippen LogP contribution is -2.13. The quantitative estimate of drug-likeness (QED) is 0.426. The Balaban J connectivity index is 1.71. The summed E-state index contributed by atoms with van der Waals surface area (Å²) in [7, 11) is 0. The number of carbonyl (C=O) groups is 1. The van der Waals surface area contributed by atoms with Crippen LogP contribution in [0.2, 0.25) is 0 Å². The van der Waals surface area contributed by atoms with Gasteiger partial charge in [0.15, 0.2) is 0 Å². The zero-order valence-corrected chi connectivity index (χ0v) is 16.1. The Morgan fingerprint density at radius 1 is 0.733 bits per heavy atom. The number of benzene rings is 4. The van der Waals surface area contributed by atoms with Crippen LogP contribution in [0.5, 0.6) is 5.75 Å². The number of carbonyl (C=O) groups excluding carboxylic acids is 1. The summed E-state index contributed by atoms with van der Waals surface area (Å²) in [5, 5.41) is 12.3. The number of aromatic nitrogens is 2. The molecule has 0 unspecified atom stereocenters. The Hall–Kier alpha value is -4.18. The molecule has 0 spiro atoms. The minimum atomic E-state index is -0.327. The van der Waals surface area contributed by atoms with E-state index in [0.717, 1.165) is 27.6 Å². The average molecular weight is 390 g/mol. The van der Waals surface area contributed by atoms with E-state index in [1.54, 1.807) is 12.1 Å². The zero-order chi connectivity index (χ0) is 20.5. The van der Waals surface area contributed by atoms with Gasteiger partial charge in [0.2, 0.25) is 0 Å². The van der Waals surface area contributed by atoms with Crippen molar-refractivity contribution in [2.24, 2.45) is 0 Å². The Morgan fingerprint density at radius 2 is 1.30 bits per heavy atom. The van der Waals surface area contributed by atoms with E-state index in [1.165, 1.54) is 10.9 Å². The monoisotopic (exact) mass is 390 g/mol. The van der Waals surface area contributed by atoms with Crippen molar-refractivity contribution in [1.29, 1.82) is 0 Å². The molecule has 4 nitrogen and oxygen atoms in total. The lowest BCUT2D eigenvalue weighted by molar-refractivity contribution is 0.0959. The molecule has 0 saturated heterocycles.